The Balaban J connectivity index is 1.78. The Kier molecular flexibility index (Phi) is 8.97. The van der Waals surface area contributed by atoms with Crippen LogP contribution in [0.4, 0.5) is 0 Å². The van der Waals surface area contributed by atoms with Crippen molar-refractivity contribution in [3.05, 3.63) is 71.8 Å². The lowest BCUT2D eigenvalue weighted by Crippen LogP contribution is -2.83. The first-order chi connectivity index (χ1) is 22.1. The van der Waals surface area contributed by atoms with E-state index >= 15 is 0 Å². The lowest BCUT2D eigenvalue weighted by molar-refractivity contribution is -0.354. The SMILES string of the molecule is CC(=O)OC[C@@]12[C@@H](OC(=O)c3ccccc3)C[C@H]3[C@@H](OC(C)=O)[C@@]1(OC3(C)C)[C@@](C)(O)C[C@H](OC(=O)c1ccccc1)[C@@H]2OC(C)=O. The van der Waals surface area contributed by atoms with Crippen molar-refractivity contribution in [2.75, 3.05) is 6.61 Å². The quantitative estimate of drug-likeness (QED) is 0.327. The van der Waals surface area contributed by atoms with Crippen molar-refractivity contribution in [1.29, 1.82) is 0 Å². The first-order valence-electron chi connectivity index (χ1n) is 15.5. The number of ether oxygens (including phenoxy) is 6. The number of hydrogen-bond donors (Lipinski definition) is 1. The highest BCUT2D eigenvalue weighted by atomic mass is 16.6. The van der Waals surface area contributed by atoms with Gasteiger partial charge in [-0.1, -0.05) is 36.4 Å². The molecule has 0 unspecified atom stereocenters. The van der Waals surface area contributed by atoms with Gasteiger partial charge in [-0.15, -0.1) is 0 Å². The molecule has 3 fully saturated rings. The molecular formula is C35H40O12. The Morgan fingerprint density at radius 3 is 1.77 bits per heavy atom. The minimum Gasteiger partial charge on any atom is -0.465 e. The predicted molar refractivity (Wildman–Crippen MR) is 163 cm³/mol. The van der Waals surface area contributed by atoms with Crippen LogP contribution in [0, 0.1) is 11.3 Å². The zero-order chi connectivity index (χ0) is 34.4. The highest BCUT2D eigenvalue weighted by Gasteiger charge is 2.86. The average Bonchev–Trinajstić information content (AvgIpc) is 3.17. The van der Waals surface area contributed by atoms with Gasteiger partial charge in [-0.3, -0.25) is 14.4 Å². The van der Waals surface area contributed by atoms with E-state index in [9.17, 15) is 29.1 Å². The lowest BCUT2D eigenvalue weighted by Gasteiger charge is -2.65. The molecule has 12 heteroatoms. The molecule has 8 atom stereocenters. The predicted octanol–water partition coefficient (Wildman–Crippen LogP) is 3.57. The van der Waals surface area contributed by atoms with Crippen LogP contribution in [0.25, 0.3) is 0 Å². The molecule has 1 spiro atoms. The second kappa shape index (κ2) is 12.4. The van der Waals surface area contributed by atoms with Crippen molar-refractivity contribution in [2.24, 2.45) is 11.3 Å². The minimum atomic E-state index is -2.03. The largest absolute Gasteiger partial charge is 0.465 e. The van der Waals surface area contributed by atoms with Crippen molar-refractivity contribution < 1.29 is 57.5 Å². The molecule has 1 N–H and O–H groups in total. The molecule has 2 bridgehead atoms. The van der Waals surface area contributed by atoms with Gasteiger partial charge in [0, 0.05) is 33.1 Å². The van der Waals surface area contributed by atoms with E-state index in [1.807, 2.05) is 0 Å². The summed E-state index contributed by atoms with van der Waals surface area (Å²) < 4.78 is 36.7. The lowest BCUT2D eigenvalue weighted by atomic mass is 9.46. The molecule has 0 aromatic heterocycles. The van der Waals surface area contributed by atoms with Gasteiger partial charge in [0.1, 0.15) is 30.3 Å². The van der Waals surface area contributed by atoms with E-state index in [0.717, 1.165) is 13.8 Å². The summed E-state index contributed by atoms with van der Waals surface area (Å²) in [5.41, 5.74) is -6.76. The molecule has 1 aliphatic heterocycles. The van der Waals surface area contributed by atoms with E-state index in [1.165, 1.54) is 26.0 Å². The average molecular weight is 653 g/mol. The number of rotatable bonds is 8. The number of carbonyl (C=O) groups excluding carboxylic acids is 5. The second-order valence-corrected chi connectivity index (χ2v) is 13.2. The second-order valence-electron chi connectivity index (χ2n) is 13.2. The molecule has 1 saturated heterocycles. The maximum absolute atomic E-state index is 13.7. The normalized spacial score (nSPS) is 33.5. The molecule has 5 rings (SSSR count). The summed E-state index contributed by atoms with van der Waals surface area (Å²) in [6.07, 6.45) is -5.78. The summed E-state index contributed by atoms with van der Waals surface area (Å²) in [7, 11) is 0. The van der Waals surface area contributed by atoms with E-state index in [1.54, 1.807) is 62.4 Å². The van der Waals surface area contributed by atoms with E-state index in [-0.39, 0.29) is 24.0 Å². The Morgan fingerprint density at radius 2 is 1.26 bits per heavy atom. The van der Waals surface area contributed by atoms with Crippen molar-refractivity contribution in [1.82, 2.24) is 0 Å². The molecule has 47 heavy (non-hydrogen) atoms. The molecule has 252 valence electrons. The third-order valence-electron chi connectivity index (χ3n) is 9.69. The zero-order valence-electron chi connectivity index (χ0n) is 27.2. The highest BCUT2D eigenvalue weighted by molar-refractivity contribution is 5.90. The summed E-state index contributed by atoms with van der Waals surface area (Å²) in [6.45, 7) is 7.82. The number of esters is 5. The molecule has 0 radical (unpaired) electrons. The highest BCUT2D eigenvalue weighted by Crippen LogP contribution is 2.69. The number of carbonyl (C=O) groups is 5. The van der Waals surface area contributed by atoms with Gasteiger partial charge >= 0.3 is 29.8 Å². The smallest absolute Gasteiger partial charge is 0.338 e. The molecule has 1 heterocycles. The monoisotopic (exact) mass is 652 g/mol. The summed E-state index contributed by atoms with van der Waals surface area (Å²) in [4.78, 5) is 65.3. The van der Waals surface area contributed by atoms with Gasteiger partial charge in [0.05, 0.1) is 22.3 Å². The van der Waals surface area contributed by atoms with Crippen LogP contribution in [0.1, 0.15) is 75.1 Å². The molecule has 2 aromatic rings. The van der Waals surface area contributed by atoms with Gasteiger partial charge in [0.2, 0.25) is 0 Å². The van der Waals surface area contributed by atoms with Gasteiger partial charge < -0.3 is 33.5 Å². The van der Waals surface area contributed by atoms with Crippen molar-refractivity contribution in [3.8, 4) is 0 Å². The fourth-order valence-electron chi connectivity index (χ4n) is 7.95. The third kappa shape index (κ3) is 5.78. The topological polar surface area (TPSA) is 161 Å². The van der Waals surface area contributed by atoms with Crippen molar-refractivity contribution in [2.45, 2.75) is 95.6 Å². The van der Waals surface area contributed by atoms with E-state index in [0.29, 0.717) is 0 Å². The molecular weight excluding hydrogens is 612 g/mol. The van der Waals surface area contributed by atoms with Crippen molar-refractivity contribution in [3.63, 3.8) is 0 Å². The zero-order valence-corrected chi connectivity index (χ0v) is 27.2. The standard InChI is InChI=1S/C35H40O12/c1-20(36)42-19-34-27(46-31(40)24-15-11-8-12-16-24)17-25-28(43-21(2)37)35(34,47-32(25,4)5)33(6,41)18-26(29(34)44-22(3)38)45-30(39)23-13-9-7-10-14-23/h7-16,25-29,41H,17-19H2,1-6H3/t25-,26-,27-,28+,29-,33-,34-,35+/m0/s1. The van der Waals surface area contributed by atoms with Gasteiger partial charge in [0.15, 0.2) is 11.7 Å². The van der Waals surface area contributed by atoms with Crippen LogP contribution in [0.3, 0.4) is 0 Å². The summed E-state index contributed by atoms with van der Waals surface area (Å²) >= 11 is 0. The Hall–Kier alpha value is -4.29. The van der Waals surface area contributed by atoms with Gasteiger partial charge in [-0.05, 0) is 51.5 Å². The van der Waals surface area contributed by atoms with E-state index in [4.69, 9.17) is 28.4 Å². The van der Waals surface area contributed by atoms with Crippen molar-refractivity contribution >= 4 is 29.8 Å². The van der Waals surface area contributed by atoms with E-state index in [2.05, 4.69) is 0 Å². The first-order valence-corrected chi connectivity index (χ1v) is 15.5. The van der Waals surface area contributed by atoms with E-state index < -0.39 is 89.0 Å². The number of hydrogen-bond acceptors (Lipinski definition) is 12. The Morgan fingerprint density at radius 1 is 0.745 bits per heavy atom. The summed E-state index contributed by atoms with van der Waals surface area (Å²) in [5, 5.41) is 12.6. The molecule has 2 aromatic carbocycles. The molecule has 3 aliphatic rings. The van der Waals surface area contributed by atoms with Gasteiger partial charge in [0.25, 0.3) is 0 Å². The van der Waals surface area contributed by atoms with Crippen LogP contribution in [-0.4, -0.2) is 82.8 Å². The van der Waals surface area contributed by atoms with Gasteiger partial charge in [-0.25, -0.2) is 9.59 Å². The Bertz CT molecular complexity index is 1540. The van der Waals surface area contributed by atoms with Crippen LogP contribution in [-0.2, 0) is 42.8 Å². The summed E-state index contributed by atoms with van der Waals surface area (Å²) in [6, 6.07) is 16.3. The number of benzene rings is 2. The van der Waals surface area contributed by atoms with Crippen LogP contribution in [0.2, 0.25) is 0 Å². The molecule has 0 amide bonds. The maximum atomic E-state index is 13.7. The first kappa shape index (κ1) is 34.1. The molecule has 2 saturated carbocycles. The Labute approximate surface area is 272 Å². The minimum absolute atomic E-state index is 0.0280. The number of aliphatic hydroxyl groups is 1. The van der Waals surface area contributed by atoms with Crippen LogP contribution < -0.4 is 0 Å². The maximum Gasteiger partial charge on any atom is 0.338 e. The fourth-order valence-corrected chi connectivity index (χ4v) is 7.95. The van der Waals surface area contributed by atoms with Crippen LogP contribution in [0.15, 0.2) is 60.7 Å². The third-order valence-corrected chi connectivity index (χ3v) is 9.69. The fraction of sp³-hybridized carbons (Fsp3) is 0.514. The van der Waals surface area contributed by atoms with Crippen LogP contribution >= 0.6 is 0 Å². The molecule has 2 aliphatic carbocycles. The van der Waals surface area contributed by atoms with Gasteiger partial charge in [-0.2, -0.15) is 0 Å². The number of fused-ring (bicyclic) bond motifs is 1. The molecule has 12 nitrogen and oxygen atoms in total. The summed E-state index contributed by atoms with van der Waals surface area (Å²) in [5.74, 6) is -4.40. The van der Waals surface area contributed by atoms with Crippen LogP contribution in [0.5, 0.6) is 0 Å².